The van der Waals surface area contributed by atoms with Gasteiger partial charge in [0.2, 0.25) is 12.5 Å². The number of nitrogens with zero attached hydrogens (tertiary/aromatic N) is 1. The minimum atomic E-state index is 0.221. The number of fused-ring (bicyclic) bond motifs is 2. The Hall–Kier alpha value is -2.75. The SMILES string of the molecule is COc1cc(-c2cc(C)c3cccc(C)c3n2)cc2c1OCO2. The Morgan fingerprint density at radius 2 is 1.91 bits per heavy atom. The molecule has 3 aromatic rings. The van der Waals surface area contributed by atoms with E-state index >= 15 is 0 Å². The Morgan fingerprint density at radius 3 is 2.74 bits per heavy atom. The number of rotatable bonds is 2. The molecule has 1 aromatic heterocycles. The Balaban J connectivity index is 1.95. The van der Waals surface area contributed by atoms with Crippen molar-refractivity contribution >= 4 is 10.9 Å². The maximum absolute atomic E-state index is 5.51. The van der Waals surface area contributed by atoms with Crippen molar-refractivity contribution in [1.29, 1.82) is 0 Å². The van der Waals surface area contributed by atoms with Crippen LogP contribution in [0, 0.1) is 13.8 Å². The number of aryl methyl sites for hydroxylation is 2. The minimum Gasteiger partial charge on any atom is -0.493 e. The second kappa shape index (κ2) is 5.16. The van der Waals surface area contributed by atoms with E-state index in [1.165, 1.54) is 16.5 Å². The highest BCUT2D eigenvalue weighted by atomic mass is 16.7. The van der Waals surface area contributed by atoms with Crippen LogP contribution in [0.2, 0.25) is 0 Å². The molecule has 4 heteroatoms. The van der Waals surface area contributed by atoms with E-state index in [1.54, 1.807) is 7.11 Å². The van der Waals surface area contributed by atoms with Crippen molar-refractivity contribution in [3.05, 3.63) is 47.5 Å². The fourth-order valence-corrected chi connectivity index (χ4v) is 2.99. The van der Waals surface area contributed by atoms with Gasteiger partial charge in [-0.2, -0.15) is 0 Å². The van der Waals surface area contributed by atoms with Crippen LogP contribution in [0.3, 0.4) is 0 Å². The first kappa shape index (κ1) is 13.9. The molecule has 0 fully saturated rings. The molecule has 23 heavy (non-hydrogen) atoms. The van der Waals surface area contributed by atoms with E-state index in [1.807, 2.05) is 12.1 Å². The van der Waals surface area contributed by atoms with Crippen molar-refractivity contribution in [2.24, 2.45) is 0 Å². The van der Waals surface area contributed by atoms with Crippen molar-refractivity contribution in [2.75, 3.05) is 13.9 Å². The normalized spacial score (nSPS) is 12.7. The summed E-state index contributed by atoms with van der Waals surface area (Å²) < 4.78 is 16.4. The molecule has 0 bridgehead atoms. The number of para-hydroxylation sites is 1. The van der Waals surface area contributed by atoms with Gasteiger partial charge in [0.15, 0.2) is 11.5 Å². The molecule has 0 spiro atoms. The summed E-state index contributed by atoms with van der Waals surface area (Å²) in [5, 5.41) is 1.18. The Morgan fingerprint density at radius 1 is 1.04 bits per heavy atom. The summed E-state index contributed by atoms with van der Waals surface area (Å²) in [4.78, 5) is 4.85. The lowest BCUT2D eigenvalue weighted by atomic mass is 10.0. The van der Waals surface area contributed by atoms with Crippen LogP contribution < -0.4 is 14.2 Å². The van der Waals surface area contributed by atoms with E-state index in [9.17, 15) is 0 Å². The number of aromatic nitrogens is 1. The Bertz CT molecular complexity index is 918. The number of hydrogen-bond acceptors (Lipinski definition) is 4. The summed E-state index contributed by atoms with van der Waals surface area (Å²) in [6, 6.07) is 12.2. The molecule has 116 valence electrons. The molecule has 0 N–H and O–H groups in total. The molecular formula is C19H17NO3. The quantitative estimate of drug-likeness (QED) is 0.709. The number of pyridine rings is 1. The largest absolute Gasteiger partial charge is 0.493 e. The maximum atomic E-state index is 5.51. The highest BCUT2D eigenvalue weighted by Gasteiger charge is 2.21. The van der Waals surface area contributed by atoms with Crippen LogP contribution in [0.1, 0.15) is 11.1 Å². The number of ether oxygens (including phenoxy) is 3. The van der Waals surface area contributed by atoms with Gasteiger partial charge in [-0.05, 0) is 43.2 Å². The smallest absolute Gasteiger partial charge is 0.231 e. The molecule has 2 aromatic carbocycles. The summed E-state index contributed by atoms with van der Waals surface area (Å²) in [5.74, 6) is 2.02. The molecule has 0 saturated heterocycles. The van der Waals surface area contributed by atoms with Crippen molar-refractivity contribution < 1.29 is 14.2 Å². The molecule has 4 nitrogen and oxygen atoms in total. The first-order valence-corrected chi connectivity index (χ1v) is 7.52. The number of methoxy groups -OCH3 is 1. The summed E-state index contributed by atoms with van der Waals surface area (Å²) in [7, 11) is 1.63. The molecule has 1 aliphatic heterocycles. The van der Waals surface area contributed by atoms with Gasteiger partial charge < -0.3 is 14.2 Å². The van der Waals surface area contributed by atoms with Gasteiger partial charge in [-0.15, -0.1) is 0 Å². The third kappa shape index (κ3) is 2.18. The van der Waals surface area contributed by atoms with Crippen molar-refractivity contribution in [1.82, 2.24) is 4.98 Å². The first-order valence-electron chi connectivity index (χ1n) is 7.52. The standard InChI is InChI=1S/C19H17NO3/c1-11-5-4-6-14-12(2)7-15(20-18(11)14)13-8-16(21-3)19-17(9-13)22-10-23-19/h4-9H,10H2,1-3H3. The van der Waals surface area contributed by atoms with Crippen LogP contribution in [-0.4, -0.2) is 18.9 Å². The van der Waals surface area contributed by atoms with Gasteiger partial charge in [0, 0.05) is 10.9 Å². The molecule has 2 heterocycles. The lowest BCUT2D eigenvalue weighted by Gasteiger charge is -2.11. The van der Waals surface area contributed by atoms with Gasteiger partial charge in [0.05, 0.1) is 18.3 Å². The van der Waals surface area contributed by atoms with Crippen LogP contribution in [0.4, 0.5) is 0 Å². The molecule has 0 unspecified atom stereocenters. The van der Waals surface area contributed by atoms with E-state index in [4.69, 9.17) is 19.2 Å². The molecule has 4 rings (SSSR count). The predicted octanol–water partition coefficient (Wildman–Crippen LogP) is 4.26. The van der Waals surface area contributed by atoms with Gasteiger partial charge in [0.25, 0.3) is 0 Å². The molecule has 1 aliphatic rings. The van der Waals surface area contributed by atoms with Crippen molar-refractivity contribution in [3.63, 3.8) is 0 Å². The highest BCUT2D eigenvalue weighted by Crippen LogP contribution is 2.44. The average Bonchev–Trinajstić information content (AvgIpc) is 3.03. The first-order chi connectivity index (χ1) is 11.2. The third-order valence-corrected chi connectivity index (χ3v) is 4.20. The zero-order valence-corrected chi connectivity index (χ0v) is 13.3. The van der Waals surface area contributed by atoms with Crippen molar-refractivity contribution in [3.8, 4) is 28.5 Å². The fourth-order valence-electron chi connectivity index (χ4n) is 2.99. The topological polar surface area (TPSA) is 40.6 Å². The molecule has 0 saturated carbocycles. The van der Waals surface area contributed by atoms with Crippen LogP contribution in [0.25, 0.3) is 22.2 Å². The van der Waals surface area contributed by atoms with E-state index in [0.29, 0.717) is 17.2 Å². The lowest BCUT2D eigenvalue weighted by molar-refractivity contribution is 0.171. The van der Waals surface area contributed by atoms with Gasteiger partial charge in [-0.25, -0.2) is 4.98 Å². The van der Waals surface area contributed by atoms with Crippen LogP contribution >= 0.6 is 0 Å². The zero-order valence-electron chi connectivity index (χ0n) is 13.3. The van der Waals surface area contributed by atoms with Gasteiger partial charge >= 0.3 is 0 Å². The van der Waals surface area contributed by atoms with Crippen LogP contribution in [0.5, 0.6) is 17.2 Å². The Kier molecular flexibility index (Phi) is 3.11. The molecular weight excluding hydrogens is 290 g/mol. The second-order valence-electron chi connectivity index (χ2n) is 5.71. The summed E-state index contributed by atoms with van der Waals surface area (Å²) in [6.07, 6.45) is 0. The van der Waals surface area contributed by atoms with Gasteiger partial charge in [-0.1, -0.05) is 18.2 Å². The van der Waals surface area contributed by atoms with E-state index in [-0.39, 0.29) is 6.79 Å². The molecule has 0 atom stereocenters. The van der Waals surface area contributed by atoms with E-state index in [0.717, 1.165) is 16.8 Å². The maximum Gasteiger partial charge on any atom is 0.231 e. The van der Waals surface area contributed by atoms with Crippen LogP contribution in [0.15, 0.2) is 36.4 Å². The predicted molar refractivity (Wildman–Crippen MR) is 89.3 cm³/mol. The number of benzene rings is 2. The van der Waals surface area contributed by atoms with Crippen LogP contribution in [-0.2, 0) is 0 Å². The fraction of sp³-hybridized carbons (Fsp3) is 0.211. The number of hydrogen-bond donors (Lipinski definition) is 0. The summed E-state index contributed by atoms with van der Waals surface area (Å²) in [6.45, 7) is 4.41. The zero-order chi connectivity index (χ0) is 16.0. The second-order valence-corrected chi connectivity index (χ2v) is 5.71. The average molecular weight is 307 g/mol. The molecule has 0 aliphatic carbocycles. The van der Waals surface area contributed by atoms with E-state index in [2.05, 4.69) is 38.1 Å². The van der Waals surface area contributed by atoms with E-state index < -0.39 is 0 Å². The Labute approximate surface area is 134 Å². The molecule has 0 amide bonds. The van der Waals surface area contributed by atoms with Gasteiger partial charge in [-0.3, -0.25) is 0 Å². The highest BCUT2D eigenvalue weighted by molar-refractivity contribution is 5.87. The lowest BCUT2D eigenvalue weighted by Crippen LogP contribution is -1.93. The minimum absolute atomic E-state index is 0.221. The van der Waals surface area contributed by atoms with Gasteiger partial charge in [0.1, 0.15) is 0 Å². The monoisotopic (exact) mass is 307 g/mol. The third-order valence-electron chi connectivity index (χ3n) is 4.20. The van der Waals surface area contributed by atoms with Crippen molar-refractivity contribution in [2.45, 2.75) is 13.8 Å². The molecule has 0 radical (unpaired) electrons. The summed E-state index contributed by atoms with van der Waals surface area (Å²) in [5.41, 5.74) is 5.25. The summed E-state index contributed by atoms with van der Waals surface area (Å²) >= 11 is 0.